The highest BCUT2D eigenvalue weighted by atomic mass is 19.1. The van der Waals surface area contributed by atoms with Gasteiger partial charge >= 0.3 is 0 Å². The van der Waals surface area contributed by atoms with Crippen molar-refractivity contribution >= 4 is 5.91 Å². The molecule has 1 atom stereocenters. The molecule has 2 rings (SSSR count). The summed E-state index contributed by atoms with van der Waals surface area (Å²) in [4.78, 5) is 11.8. The van der Waals surface area contributed by atoms with Crippen LogP contribution in [0.4, 0.5) is 4.39 Å². The van der Waals surface area contributed by atoms with Gasteiger partial charge in [-0.15, -0.1) is 0 Å². The van der Waals surface area contributed by atoms with E-state index in [0.717, 1.165) is 6.07 Å². The number of methoxy groups -OCH3 is 1. The Morgan fingerprint density at radius 1 is 1.63 bits per heavy atom. The minimum Gasteiger partial charge on any atom is -0.494 e. The second-order valence-corrected chi connectivity index (χ2v) is 4.56. The van der Waals surface area contributed by atoms with Crippen LogP contribution in [0.1, 0.15) is 16.8 Å². The predicted molar refractivity (Wildman–Crippen MR) is 65.7 cm³/mol. The summed E-state index contributed by atoms with van der Waals surface area (Å²) < 4.78 is 23.3. The lowest BCUT2D eigenvalue weighted by molar-refractivity contribution is 0.0264. The van der Waals surface area contributed by atoms with Crippen LogP contribution in [-0.4, -0.2) is 43.5 Å². The lowest BCUT2D eigenvalue weighted by Gasteiger charge is -2.20. The van der Waals surface area contributed by atoms with Crippen LogP contribution in [0.5, 0.6) is 5.75 Å². The fourth-order valence-corrected chi connectivity index (χ4v) is 1.89. The molecule has 0 radical (unpaired) electrons. The Balaban J connectivity index is 1.98. The molecular weight excluding hydrogens is 253 g/mol. The smallest absolute Gasteiger partial charge is 0.251 e. The van der Waals surface area contributed by atoms with E-state index in [9.17, 15) is 14.3 Å². The number of amides is 1. The molecule has 0 aromatic heterocycles. The van der Waals surface area contributed by atoms with E-state index in [1.807, 2.05) is 0 Å². The summed E-state index contributed by atoms with van der Waals surface area (Å²) in [5, 5.41) is 12.6. The molecule has 1 heterocycles. The van der Waals surface area contributed by atoms with Gasteiger partial charge in [-0.25, -0.2) is 4.39 Å². The minimum absolute atomic E-state index is 0.0828. The molecule has 1 saturated heterocycles. The normalized spacial score (nSPS) is 22.3. The number of halogens is 1. The summed E-state index contributed by atoms with van der Waals surface area (Å²) in [6, 6.07) is 3.95. The van der Waals surface area contributed by atoms with Gasteiger partial charge in [0.2, 0.25) is 0 Å². The van der Waals surface area contributed by atoms with Crippen molar-refractivity contribution in [3.8, 4) is 5.75 Å². The number of aliphatic hydroxyl groups is 1. The summed E-state index contributed by atoms with van der Waals surface area (Å²) in [6.45, 7) is 0.757. The summed E-state index contributed by atoms with van der Waals surface area (Å²) >= 11 is 0. The number of hydrogen-bond donors (Lipinski definition) is 2. The number of ether oxygens (including phenoxy) is 2. The summed E-state index contributed by atoms with van der Waals surface area (Å²) in [7, 11) is 1.35. The Morgan fingerprint density at radius 2 is 2.42 bits per heavy atom. The molecule has 1 unspecified atom stereocenters. The molecule has 19 heavy (non-hydrogen) atoms. The molecule has 2 N–H and O–H groups in total. The van der Waals surface area contributed by atoms with Gasteiger partial charge in [-0.1, -0.05) is 0 Å². The standard InChI is InChI=1S/C13H16FNO4/c1-18-11-3-2-9(6-10(11)14)12(16)15-7-13(17)4-5-19-8-13/h2-3,6,17H,4-5,7-8H2,1H3,(H,15,16). The third-order valence-electron chi connectivity index (χ3n) is 3.07. The van der Waals surface area contributed by atoms with E-state index in [1.165, 1.54) is 19.2 Å². The van der Waals surface area contributed by atoms with Gasteiger partial charge in [0.05, 0.1) is 13.7 Å². The van der Waals surface area contributed by atoms with Crippen LogP contribution in [0.15, 0.2) is 18.2 Å². The third-order valence-corrected chi connectivity index (χ3v) is 3.07. The number of carbonyl (C=O) groups excluding carboxylic acids is 1. The van der Waals surface area contributed by atoms with Crippen molar-refractivity contribution in [3.63, 3.8) is 0 Å². The molecule has 1 fully saturated rings. The molecule has 0 spiro atoms. The molecule has 0 bridgehead atoms. The minimum atomic E-state index is -1.03. The zero-order chi connectivity index (χ0) is 13.9. The Labute approximate surface area is 110 Å². The maximum absolute atomic E-state index is 13.5. The van der Waals surface area contributed by atoms with Crippen molar-refractivity contribution in [2.75, 3.05) is 26.9 Å². The van der Waals surface area contributed by atoms with Crippen molar-refractivity contribution in [2.24, 2.45) is 0 Å². The van der Waals surface area contributed by atoms with E-state index in [-0.39, 0.29) is 24.5 Å². The van der Waals surface area contributed by atoms with Crippen LogP contribution in [0.2, 0.25) is 0 Å². The van der Waals surface area contributed by atoms with Crippen LogP contribution in [0.3, 0.4) is 0 Å². The average Bonchev–Trinajstić information content (AvgIpc) is 2.83. The van der Waals surface area contributed by atoms with Crippen LogP contribution >= 0.6 is 0 Å². The van der Waals surface area contributed by atoms with Crippen molar-refractivity contribution < 1.29 is 23.8 Å². The predicted octanol–water partition coefficient (Wildman–Crippen LogP) is 0.715. The number of hydrogen-bond acceptors (Lipinski definition) is 4. The maximum Gasteiger partial charge on any atom is 0.251 e. The average molecular weight is 269 g/mol. The van der Waals surface area contributed by atoms with Gasteiger partial charge in [0, 0.05) is 25.1 Å². The van der Waals surface area contributed by atoms with Crippen LogP contribution < -0.4 is 10.1 Å². The third kappa shape index (κ3) is 3.21. The largest absolute Gasteiger partial charge is 0.494 e. The fourth-order valence-electron chi connectivity index (χ4n) is 1.89. The van der Waals surface area contributed by atoms with E-state index in [4.69, 9.17) is 9.47 Å². The van der Waals surface area contributed by atoms with Crippen LogP contribution in [0, 0.1) is 5.82 Å². The van der Waals surface area contributed by atoms with Crippen molar-refractivity contribution in [1.29, 1.82) is 0 Å². The first-order chi connectivity index (χ1) is 9.04. The molecule has 0 saturated carbocycles. The number of nitrogens with one attached hydrogen (secondary N) is 1. The highest BCUT2D eigenvalue weighted by Gasteiger charge is 2.32. The topological polar surface area (TPSA) is 67.8 Å². The zero-order valence-corrected chi connectivity index (χ0v) is 10.6. The molecule has 104 valence electrons. The first kappa shape index (κ1) is 13.8. The summed E-state index contributed by atoms with van der Waals surface area (Å²) in [5.74, 6) is -0.959. The Bertz CT molecular complexity index is 472. The van der Waals surface area contributed by atoms with Gasteiger partial charge in [0.1, 0.15) is 5.60 Å². The van der Waals surface area contributed by atoms with E-state index < -0.39 is 17.3 Å². The first-order valence-corrected chi connectivity index (χ1v) is 5.96. The molecular formula is C13H16FNO4. The zero-order valence-electron chi connectivity index (χ0n) is 10.6. The highest BCUT2D eigenvalue weighted by molar-refractivity contribution is 5.94. The highest BCUT2D eigenvalue weighted by Crippen LogP contribution is 2.19. The summed E-state index contributed by atoms with van der Waals surface area (Å²) in [5.41, 5.74) is -0.846. The Kier molecular flexibility index (Phi) is 4.01. The van der Waals surface area contributed by atoms with Crippen molar-refractivity contribution in [2.45, 2.75) is 12.0 Å². The molecule has 1 aliphatic heterocycles. The van der Waals surface area contributed by atoms with Gasteiger partial charge in [-0.3, -0.25) is 4.79 Å². The van der Waals surface area contributed by atoms with Gasteiger partial charge < -0.3 is 19.9 Å². The Hall–Kier alpha value is -1.66. The van der Waals surface area contributed by atoms with E-state index >= 15 is 0 Å². The lowest BCUT2D eigenvalue weighted by Crippen LogP contribution is -2.43. The van der Waals surface area contributed by atoms with Gasteiger partial charge in [0.15, 0.2) is 11.6 Å². The van der Waals surface area contributed by atoms with Crippen molar-refractivity contribution in [1.82, 2.24) is 5.32 Å². The lowest BCUT2D eigenvalue weighted by atomic mass is 10.0. The first-order valence-electron chi connectivity index (χ1n) is 5.96. The van der Waals surface area contributed by atoms with Crippen LogP contribution in [-0.2, 0) is 4.74 Å². The second kappa shape index (κ2) is 5.54. The molecule has 0 aliphatic carbocycles. The van der Waals surface area contributed by atoms with Crippen molar-refractivity contribution in [3.05, 3.63) is 29.6 Å². The molecule has 1 aromatic carbocycles. The molecule has 1 aromatic rings. The van der Waals surface area contributed by atoms with E-state index in [1.54, 1.807) is 0 Å². The van der Waals surface area contributed by atoms with E-state index in [0.29, 0.717) is 13.0 Å². The SMILES string of the molecule is COc1ccc(C(=O)NCC2(O)CCOC2)cc1F. The van der Waals surface area contributed by atoms with E-state index in [2.05, 4.69) is 5.32 Å². The van der Waals surface area contributed by atoms with Gasteiger partial charge in [-0.2, -0.15) is 0 Å². The van der Waals surface area contributed by atoms with Crippen LogP contribution in [0.25, 0.3) is 0 Å². The maximum atomic E-state index is 13.5. The number of rotatable bonds is 4. The molecule has 1 amide bonds. The number of carbonyl (C=O) groups is 1. The van der Waals surface area contributed by atoms with Gasteiger partial charge in [0.25, 0.3) is 5.91 Å². The summed E-state index contributed by atoms with van der Waals surface area (Å²) in [6.07, 6.45) is 0.476. The fraction of sp³-hybridized carbons (Fsp3) is 0.462. The van der Waals surface area contributed by atoms with Gasteiger partial charge in [-0.05, 0) is 18.2 Å². The second-order valence-electron chi connectivity index (χ2n) is 4.56. The molecule has 1 aliphatic rings. The molecule has 5 nitrogen and oxygen atoms in total. The number of benzene rings is 1. The Morgan fingerprint density at radius 3 is 3.00 bits per heavy atom. The monoisotopic (exact) mass is 269 g/mol. The molecule has 6 heteroatoms. The quantitative estimate of drug-likeness (QED) is 0.845.